The number of nitrogens with zero attached hydrogens (tertiary/aromatic N) is 3. The Labute approximate surface area is 120 Å². The standard InChI is InChI=1S/C14H26N4S/c1-4-11-7-5-6-8-12(11)19-14-17-16-13(9-15)18(14)10(2)3/h10-12H,4-9,15H2,1-3H3. The third kappa shape index (κ3) is 3.31. The third-order valence-electron chi connectivity index (χ3n) is 4.05. The molecule has 2 unspecified atom stereocenters. The molecule has 0 amide bonds. The summed E-state index contributed by atoms with van der Waals surface area (Å²) in [4.78, 5) is 0. The van der Waals surface area contributed by atoms with Crippen LogP contribution in [-0.2, 0) is 6.54 Å². The number of hydrogen-bond donors (Lipinski definition) is 1. The Morgan fingerprint density at radius 1 is 1.32 bits per heavy atom. The van der Waals surface area contributed by atoms with Gasteiger partial charge in [0.2, 0.25) is 0 Å². The Balaban J connectivity index is 2.15. The Hall–Kier alpha value is -0.550. The zero-order valence-electron chi connectivity index (χ0n) is 12.3. The third-order valence-corrected chi connectivity index (χ3v) is 5.47. The van der Waals surface area contributed by atoms with Crippen molar-refractivity contribution in [3.63, 3.8) is 0 Å². The minimum atomic E-state index is 0.375. The molecule has 4 nitrogen and oxygen atoms in total. The van der Waals surface area contributed by atoms with Gasteiger partial charge >= 0.3 is 0 Å². The number of hydrogen-bond acceptors (Lipinski definition) is 4. The molecule has 1 aromatic rings. The predicted molar refractivity (Wildman–Crippen MR) is 80.2 cm³/mol. The lowest BCUT2D eigenvalue weighted by Crippen LogP contribution is -2.22. The van der Waals surface area contributed by atoms with E-state index < -0.39 is 0 Å². The van der Waals surface area contributed by atoms with Crippen LogP contribution in [0, 0.1) is 5.92 Å². The Morgan fingerprint density at radius 2 is 2.05 bits per heavy atom. The highest BCUT2D eigenvalue weighted by molar-refractivity contribution is 7.99. The second-order valence-electron chi connectivity index (χ2n) is 5.68. The van der Waals surface area contributed by atoms with Gasteiger partial charge in [0.25, 0.3) is 0 Å². The van der Waals surface area contributed by atoms with Crippen LogP contribution in [0.3, 0.4) is 0 Å². The van der Waals surface area contributed by atoms with Crippen LogP contribution < -0.4 is 5.73 Å². The second-order valence-corrected chi connectivity index (χ2v) is 6.88. The molecule has 0 aromatic carbocycles. The molecule has 1 heterocycles. The minimum absolute atomic E-state index is 0.375. The van der Waals surface area contributed by atoms with Crippen LogP contribution in [-0.4, -0.2) is 20.0 Å². The Bertz CT molecular complexity index is 402. The first kappa shape index (κ1) is 14.9. The summed E-state index contributed by atoms with van der Waals surface area (Å²) < 4.78 is 2.20. The average molecular weight is 282 g/mol. The van der Waals surface area contributed by atoms with E-state index in [0.717, 1.165) is 16.9 Å². The van der Waals surface area contributed by atoms with Crippen LogP contribution in [0.25, 0.3) is 0 Å². The Kier molecular flexibility index (Phi) is 5.28. The lowest BCUT2D eigenvalue weighted by atomic mass is 9.87. The van der Waals surface area contributed by atoms with Crippen LogP contribution in [0.2, 0.25) is 0 Å². The lowest BCUT2D eigenvalue weighted by molar-refractivity contribution is 0.360. The van der Waals surface area contributed by atoms with Crippen LogP contribution in [0.4, 0.5) is 0 Å². The first-order valence-corrected chi connectivity index (χ1v) is 8.35. The summed E-state index contributed by atoms with van der Waals surface area (Å²) >= 11 is 1.92. The summed E-state index contributed by atoms with van der Waals surface area (Å²) in [6.45, 7) is 7.12. The highest BCUT2D eigenvalue weighted by Crippen LogP contribution is 2.39. The number of nitrogens with two attached hydrogens (primary N) is 1. The highest BCUT2D eigenvalue weighted by Gasteiger charge is 2.27. The predicted octanol–water partition coefficient (Wildman–Crippen LogP) is 3.38. The van der Waals surface area contributed by atoms with E-state index in [2.05, 4.69) is 35.5 Å². The van der Waals surface area contributed by atoms with Gasteiger partial charge in [0.15, 0.2) is 5.16 Å². The highest BCUT2D eigenvalue weighted by atomic mass is 32.2. The van der Waals surface area contributed by atoms with E-state index in [1.54, 1.807) is 0 Å². The van der Waals surface area contributed by atoms with Gasteiger partial charge in [-0.2, -0.15) is 0 Å². The van der Waals surface area contributed by atoms with Gasteiger partial charge in [-0.25, -0.2) is 0 Å². The first-order chi connectivity index (χ1) is 9.17. The molecule has 1 fully saturated rings. The molecular formula is C14H26N4S. The first-order valence-electron chi connectivity index (χ1n) is 7.47. The largest absolute Gasteiger partial charge is 0.324 e. The fourth-order valence-electron chi connectivity index (χ4n) is 2.98. The summed E-state index contributed by atoms with van der Waals surface area (Å²) in [5.41, 5.74) is 5.76. The van der Waals surface area contributed by atoms with Crippen molar-refractivity contribution in [2.24, 2.45) is 11.7 Å². The molecule has 1 aliphatic carbocycles. The molecule has 1 saturated carbocycles. The number of thioether (sulfide) groups is 1. The second kappa shape index (κ2) is 6.75. The smallest absolute Gasteiger partial charge is 0.191 e. The molecular weight excluding hydrogens is 256 g/mol. The minimum Gasteiger partial charge on any atom is -0.324 e. The van der Waals surface area contributed by atoms with Crippen LogP contribution in [0.5, 0.6) is 0 Å². The maximum Gasteiger partial charge on any atom is 0.191 e. The van der Waals surface area contributed by atoms with Crippen molar-refractivity contribution >= 4 is 11.8 Å². The molecule has 0 saturated heterocycles. The van der Waals surface area contributed by atoms with E-state index in [-0.39, 0.29) is 0 Å². The van der Waals surface area contributed by atoms with Crippen molar-refractivity contribution in [1.82, 2.24) is 14.8 Å². The normalized spacial score (nSPS) is 24.1. The number of rotatable bonds is 5. The summed E-state index contributed by atoms with van der Waals surface area (Å²) in [7, 11) is 0. The molecule has 0 spiro atoms. The molecule has 0 aliphatic heterocycles. The summed E-state index contributed by atoms with van der Waals surface area (Å²) in [6.07, 6.45) is 6.70. The van der Waals surface area contributed by atoms with Crippen molar-refractivity contribution in [3.8, 4) is 0 Å². The molecule has 1 aromatic heterocycles. The molecule has 2 rings (SSSR count). The van der Waals surface area contributed by atoms with Crippen molar-refractivity contribution in [3.05, 3.63) is 5.82 Å². The topological polar surface area (TPSA) is 56.7 Å². The van der Waals surface area contributed by atoms with E-state index in [1.165, 1.54) is 32.1 Å². The van der Waals surface area contributed by atoms with Gasteiger partial charge < -0.3 is 10.3 Å². The van der Waals surface area contributed by atoms with Gasteiger partial charge in [-0.05, 0) is 32.6 Å². The SMILES string of the molecule is CCC1CCCCC1Sc1nnc(CN)n1C(C)C. The van der Waals surface area contributed by atoms with Crippen LogP contribution >= 0.6 is 11.8 Å². The van der Waals surface area contributed by atoms with E-state index in [4.69, 9.17) is 5.73 Å². The van der Waals surface area contributed by atoms with E-state index in [0.29, 0.717) is 17.8 Å². The lowest BCUT2D eigenvalue weighted by Gasteiger charge is -2.30. The number of aromatic nitrogens is 3. The fraction of sp³-hybridized carbons (Fsp3) is 0.857. The molecule has 0 bridgehead atoms. The molecule has 1 aliphatic rings. The molecule has 19 heavy (non-hydrogen) atoms. The van der Waals surface area contributed by atoms with Gasteiger partial charge in [-0.1, -0.05) is 37.9 Å². The van der Waals surface area contributed by atoms with Gasteiger partial charge in [0.05, 0.1) is 6.54 Å². The molecule has 5 heteroatoms. The van der Waals surface area contributed by atoms with Gasteiger partial charge in [0.1, 0.15) is 5.82 Å². The van der Waals surface area contributed by atoms with Crippen molar-refractivity contribution in [2.45, 2.75) is 75.9 Å². The average Bonchev–Trinajstić information content (AvgIpc) is 2.82. The van der Waals surface area contributed by atoms with E-state index in [1.807, 2.05) is 11.8 Å². The molecule has 108 valence electrons. The quantitative estimate of drug-likeness (QED) is 0.899. The summed E-state index contributed by atoms with van der Waals surface area (Å²) in [5.74, 6) is 1.73. The van der Waals surface area contributed by atoms with Gasteiger partial charge in [-0.3, -0.25) is 0 Å². The van der Waals surface area contributed by atoms with Gasteiger partial charge in [-0.15, -0.1) is 10.2 Å². The maximum absolute atomic E-state index is 5.76. The molecule has 0 radical (unpaired) electrons. The van der Waals surface area contributed by atoms with Crippen molar-refractivity contribution in [1.29, 1.82) is 0 Å². The van der Waals surface area contributed by atoms with Crippen LogP contribution in [0.15, 0.2) is 5.16 Å². The zero-order chi connectivity index (χ0) is 13.8. The Morgan fingerprint density at radius 3 is 2.68 bits per heavy atom. The summed E-state index contributed by atoms with van der Waals surface area (Å²) in [6, 6.07) is 0.375. The van der Waals surface area contributed by atoms with Gasteiger partial charge in [0, 0.05) is 11.3 Å². The molecule has 2 N–H and O–H groups in total. The van der Waals surface area contributed by atoms with Crippen molar-refractivity contribution in [2.75, 3.05) is 0 Å². The van der Waals surface area contributed by atoms with Crippen LogP contribution in [0.1, 0.15) is 64.7 Å². The monoisotopic (exact) mass is 282 g/mol. The van der Waals surface area contributed by atoms with Crippen molar-refractivity contribution < 1.29 is 0 Å². The van der Waals surface area contributed by atoms with E-state index >= 15 is 0 Å². The summed E-state index contributed by atoms with van der Waals surface area (Å²) in [5, 5.41) is 10.4. The zero-order valence-corrected chi connectivity index (χ0v) is 13.1. The van der Waals surface area contributed by atoms with E-state index in [9.17, 15) is 0 Å². The fourth-order valence-corrected chi connectivity index (χ4v) is 4.57. The maximum atomic E-state index is 5.76. The molecule has 2 atom stereocenters.